The second-order valence-corrected chi connectivity index (χ2v) is 14.4. The molecule has 3 aliphatic rings. The van der Waals surface area contributed by atoms with Gasteiger partial charge in [0, 0.05) is 32.9 Å². The fraction of sp³-hybridized carbons (Fsp3) is 0.645. The van der Waals surface area contributed by atoms with Gasteiger partial charge in [0.2, 0.25) is 27.7 Å². The van der Waals surface area contributed by atoms with Gasteiger partial charge in [-0.1, -0.05) is 37.3 Å². The van der Waals surface area contributed by atoms with Crippen molar-refractivity contribution in [2.75, 3.05) is 46.3 Å². The lowest BCUT2D eigenvalue weighted by molar-refractivity contribution is -0.943. The first kappa shape index (κ1) is 36.9. The van der Waals surface area contributed by atoms with Crippen molar-refractivity contribution in [1.82, 2.24) is 20.3 Å². The highest BCUT2D eigenvalue weighted by molar-refractivity contribution is 7.88. The minimum Gasteiger partial charge on any atom is -0.370 e. The van der Waals surface area contributed by atoms with Crippen molar-refractivity contribution >= 4 is 40.0 Å². The number of likely N-dealkylation sites (N-methyl/N-ethyl adjacent to an activating group) is 1. The molecule has 3 aliphatic heterocycles. The highest BCUT2D eigenvalue weighted by Gasteiger charge is 2.45. The molecule has 0 aliphatic carbocycles. The van der Waals surface area contributed by atoms with E-state index in [1.165, 1.54) is 7.05 Å². The molecule has 4 rings (SSSR count). The summed E-state index contributed by atoms with van der Waals surface area (Å²) in [6.07, 6.45) is 4.40. The summed E-state index contributed by atoms with van der Waals surface area (Å²) in [5.41, 5.74) is 11.1. The molecule has 0 spiro atoms. The number of nitrogens with zero attached hydrogens (tertiary/aromatic N) is 3. The van der Waals surface area contributed by atoms with Crippen LogP contribution in [0.3, 0.4) is 0 Å². The molecule has 46 heavy (non-hydrogen) atoms. The second-order valence-electron chi connectivity index (χ2n) is 12.6. The lowest BCUT2D eigenvalue weighted by Crippen LogP contribution is -2.67. The summed E-state index contributed by atoms with van der Waals surface area (Å²) in [4.78, 5) is 55.8. The summed E-state index contributed by atoms with van der Waals surface area (Å²) >= 11 is 0. The molecule has 15 heteroatoms. The van der Waals surface area contributed by atoms with E-state index in [0.29, 0.717) is 37.2 Å². The highest BCUT2D eigenvalue weighted by Crippen LogP contribution is 2.34. The Morgan fingerprint density at radius 2 is 1.80 bits per heavy atom. The smallest absolute Gasteiger partial charge is 0.240 e. The average molecular weight is 664 g/mol. The number of piperidine rings is 3. The third kappa shape index (κ3) is 11.7. The Bertz CT molecular complexity index is 1310. The van der Waals surface area contributed by atoms with Crippen LogP contribution in [0, 0.1) is 5.92 Å². The second kappa shape index (κ2) is 17.4. The number of nitrogens with two attached hydrogens (primary N) is 2. The Hall–Kier alpha value is -3.56. The van der Waals surface area contributed by atoms with Gasteiger partial charge < -0.3 is 36.3 Å². The van der Waals surface area contributed by atoms with E-state index in [1.807, 2.05) is 0 Å². The van der Waals surface area contributed by atoms with Gasteiger partial charge in [0.15, 0.2) is 5.96 Å². The lowest BCUT2D eigenvalue weighted by atomic mass is 9.81. The van der Waals surface area contributed by atoms with Gasteiger partial charge in [-0.25, -0.2) is 13.1 Å². The quantitative estimate of drug-likeness (QED) is 0.0431. The number of hydrogen-bond donors (Lipinski definition) is 5. The van der Waals surface area contributed by atoms with Gasteiger partial charge in [0.05, 0.1) is 50.6 Å². The van der Waals surface area contributed by atoms with Crippen LogP contribution in [0.2, 0.25) is 0 Å². The zero-order valence-corrected chi connectivity index (χ0v) is 27.8. The van der Waals surface area contributed by atoms with E-state index in [0.717, 1.165) is 54.8 Å². The van der Waals surface area contributed by atoms with Crippen LogP contribution in [0.1, 0.15) is 57.4 Å². The molecule has 3 amide bonds. The van der Waals surface area contributed by atoms with Crippen molar-refractivity contribution in [1.29, 1.82) is 0 Å². The summed E-state index contributed by atoms with van der Waals surface area (Å²) in [5, 5.41) is 5.74. The molecule has 256 valence electrons. The van der Waals surface area contributed by atoms with Crippen molar-refractivity contribution < 1.29 is 32.1 Å². The topological polar surface area (TPSA) is 206 Å². The number of fused-ring (bicyclic) bond motifs is 3. The Morgan fingerprint density at radius 1 is 1.11 bits per heavy atom. The number of aldehydes is 1. The summed E-state index contributed by atoms with van der Waals surface area (Å²) in [7, 11) is -2.61. The number of guanidine groups is 1. The SMILES string of the molecule is CCC[N+]12CCC(CC1)C(NC(=O)CCC(NS(=O)(=O)Cc1ccccc1)C(=O)N(C)CC(=O)NC(C=O)CCCN=C(N)N)C2. The van der Waals surface area contributed by atoms with Crippen LogP contribution >= 0.6 is 0 Å². The summed E-state index contributed by atoms with van der Waals surface area (Å²) in [6, 6.07) is 6.53. The molecule has 0 radical (unpaired) electrons. The Balaban J connectivity index is 1.63. The summed E-state index contributed by atoms with van der Waals surface area (Å²) < 4.78 is 29.8. The molecule has 1 aromatic carbocycles. The normalized spacial score (nSPS) is 21.9. The van der Waals surface area contributed by atoms with Crippen molar-refractivity contribution in [3.05, 3.63) is 35.9 Å². The first-order valence-corrected chi connectivity index (χ1v) is 17.7. The van der Waals surface area contributed by atoms with Crippen LogP contribution in [0.25, 0.3) is 0 Å². The third-order valence-electron chi connectivity index (χ3n) is 8.86. The monoisotopic (exact) mass is 663 g/mol. The van der Waals surface area contributed by atoms with Crippen LogP contribution < -0.4 is 26.8 Å². The highest BCUT2D eigenvalue weighted by atomic mass is 32.2. The lowest BCUT2D eigenvalue weighted by Gasteiger charge is -2.52. The van der Waals surface area contributed by atoms with E-state index < -0.39 is 40.5 Å². The number of sulfonamides is 1. The first-order chi connectivity index (χ1) is 21.8. The van der Waals surface area contributed by atoms with Gasteiger partial charge in [-0.05, 0) is 37.2 Å². The van der Waals surface area contributed by atoms with Crippen molar-refractivity contribution in [3.8, 4) is 0 Å². The van der Waals surface area contributed by atoms with E-state index in [1.54, 1.807) is 30.3 Å². The van der Waals surface area contributed by atoms with Crippen LogP contribution in [0.15, 0.2) is 35.3 Å². The zero-order chi connectivity index (χ0) is 33.7. The van der Waals surface area contributed by atoms with Gasteiger partial charge in [-0.3, -0.25) is 19.4 Å². The number of benzene rings is 1. The van der Waals surface area contributed by atoms with Crippen molar-refractivity contribution in [2.45, 2.75) is 75.7 Å². The molecule has 3 unspecified atom stereocenters. The fourth-order valence-corrected chi connectivity index (χ4v) is 7.95. The zero-order valence-electron chi connectivity index (χ0n) is 27.0. The Kier molecular flexibility index (Phi) is 13.9. The molecule has 0 saturated carbocycles. The average Bonchev–Trinajstić information content (AvgIpc) is 3.01. The minimum atomic E-state index is -3.99. The maximum Gasteiger partial charge on any atom is 0.240 e. The number of amides is 3. The number of hydrogen-bond acceptors (Lipinski definition) is 7. The molecule has 1 aromatic rings. The van der Waals surface area contributed by atoms with E-state index in [9.17, 15) is 27.6 Å². The van der Waals surface area contributed by atoms with Crippen LogP contribution in [-0.2, 0) is 35.0 Å². The number of nitrogens with one attached hydrogen (secondary N) is 3. The molecule has 2 bridgehead atoms. The number of aliphatic imine (C=N–C) groups is 1. The number of carbonyl (C=O) groups excluding carboxylic acids is 4. The van der Waals surface area contributed by atoms with Gasteiger partial charge in [-0.2, -0.15) is 0 Å². The van der Waals surface area contributed by atoms with Gasteiger partial charge in [0.1, 0.15) is 12.3 Å². The first-order valence-electron chi connectivity index (χ1n) is 16.1. The van der Waals surface area contributed by atoms with E-state index >= 15 is 0 Å². The fourth-order valence-electron chi connectivity index (χ4n) is 6.58. The Morgan fingerprint density at radius 3 is 2.43 bits per heavy atom. The predicted octanol–water partition coefficient (Wildman–Crippen LogP) is -0.414. The molecule has 3 heterocycles. The van der Waals surface area contributed by atoms with Gasteiger partial charge in [0.25, 0.3) is 0 Å². The molecular formula is C31H51N8O6S+. The summed E-state index contributed by atoms with van der Waals surface area (Å²) in [6.45, 7) is 6.30. The Labute approximate surface area is 272 Å². The standard InChI is InChI=1S/C31H50N8O6S/c1-3-16-39-17-13-24(14-18-39)27(20-39)36-28(41)12-11-26(37-46(44,45)22-23-8-5-4-6-9-23)30(43)38(2)19-29(42)35-25(21-40)10-7-15-34-31(32)33/h4-6,8-9,21,24-27,37H,3,7,10-20,22H2,1-2H3,(H5-,32,33,34,35,36,41,42)/p+1. The summed E-state index contributed by atoms with van der Waals surface area (Å²) in [5.74, 6) is -1.48. The molecule has 3 saturated heterocycles. The van der Waals surface area contributed by atoms with Crippen molar-refractivity contribution in [2.24, 2.45) is 22.4 Å². The van der Waals surface area contributed by atoms with Gasteiger partial charge >= 0.3 is 0 Å². The van der Waals surface area contributed by atoms with E-state index in [4.69, 9.17) is 11.5 Å². The van der Waals surface area contributed by atoms with Crippen LogP contribution in [0.5, 0.6) is 0 Å². The molecular weight excluding hydrogens is 612 g/mol. The minimum absolute atomic E-state index is 0.0575. The van der Waals surface area contributed by atoms with E-state index in [2.05, 4.69) is 27.3 Å². The third-order valence-corrected chi connectivity index (χ3v) is 10.2. The maximum atomic E-state index is 13.5. The molecule has 7 N–H and O–H groups in total. The van der Waals surface area contributed by atoms with Crippen LogP contribution in [-0.4, -0.2) is 112 Å². The number of carbonyl (C=O) groups is 4. The molecule has 3 fully saturated rings. The van der Waals surface area contributed by atoms with Gasteiger partial charge in [-0.15, -0.1) is 0 Å². The molecule has 3 atom stereocenters. The molecule has 0 aromatic heterocycles. The van der Waals surface area contributed by atoms with E-state index in [-0.39, 0.29) is 36.5 Å². The number of quaternary nitrogens is 1. The maximum absolute atomic E-state index is 13.5. The van der Waals surface area contributed by atoms with Crippen LogP contribution in [0.4, 0.5) is 0 Å². The van der Waals surface area contributed by atoms with Crippen molar-refractivity contribution in [3.63, 3.8) is 0 Å². The predicted molar refractivity (Wildman–Crippen MR) is 175 cm³/mol. The molecule has 14 nitrogen and oxygen atoms in total. The number of rotatable bonds is 19. The largest absolute Gasteiger partial charge is 0.370 e.